The molecule has 3 aromatic rings. The van der Waals surface area contributed by atoms with Crippen LogP contribution in [0.3, 0.4) is 0 Å². The third kappa shape index (κ3) is 3.37. The fraction of sp³-hybridized carbons (Fsp3) is 0.0667. The highest BCUT2D eigenvalue weighted by molar-refractivity contribution is 7.98. The number of halogens is 1. The summed E-state index contributed by atoms with van der Waals surface area (Å²) in [6.45, 7) is 0. The Balaban J connectivity index is 1.69. The summed E-state index contributed by atoms with van der Waals surface area (Å²) in [6.07, 6.45) is 0. The Morgan fingerprint density at radius 1 is 1.10 bits per heavy atom. The first-order chi connectivity index (χ1) is 10.2. The van der Waals surface area contributed by atoms with Crippen molar-refractivity contribution in [2.75, 3.05) is 5.73 Å². The van der Waals surface area contributed by atoms with Crippen molar-refractivity contribution in [2.45, 2.75) is 10.6 Å². The molecule has 106 valence electrons. The van der Waals surface area contributed by atoms with Crippen LogP contribution in [0.2, 0.25) is 5.02 Å². The topological polar surface area (TPSA) is 64.9 Å². The van der Waals surface area contributed by atoms with E-state index in [1.807, 2.05) is 42.5 Å². The van der Waals surface area contributed by atoms with Crippen molar-refractivity contribution in [2.24, 2.45) is 0 Å². The highest BCUT2D eigenvalue weighted by atomic mass is 35.5. The van der Waals surface area contributed by atoms with Crippen molar-refractivity contribution >= 4 is 29.1 Å². The number of rotatable bonds is 4. The summed E-state index contributed by atoms with van der Waals surface area (Å²) in [4.78, 5) is 1.01. The quantitative estimate of drug-likeness (QED) is 0.575. The minimum Gasteiger partial charge on any atom is -0.420 e. The van der Waals surface area contributed by atoms with Gasteiger partial charge in [0.1, 0.15) is 0 Å². The molecule has 0 aliphatic heterocycles. The molecule has 1 heterocycles. The molecule has 0 unspecified atom stereocenters. The number of benzene rings is 2. The van der Waals surface area contributed by atoms with Crippen molar-refractivity contribution in [3.05, 3.63) is 59.4 Å². The van der Waals surface area contributed by atoms with Crippen LogP contribution in [-0.2, 0) is 5.75 Å². The number of nitrogens with two attached hydrogens (primary N) is 1. The van der Waals surface area contributed by atoms with E-state index >= 15 is 0 Å². The zero-order valence-corrected chi connectivity index (χ0v) is 12.6. The van der Waals surface area contributed by atoms with Crippen LogP contribution in [0.15, 0.2) is 57.8 Å². The maximum atomic E-state index is 5.99. The van der Waals surface area contributed by atoms with Crippen molar-refractivity contribution in [1.82, 2.24) is 10.2 Å². The second kappa shape index (κ2) is 6.20. The number of anilines is 1. The monoisotopic (exact) mass is 317 g/mol. The summed E-state index contributed by atoms with van der Waals surface area (Å²) in [5.41, 5.74) is 7.17. The molecule has 2 N–H and O–H groups in total. The van der Waals surface area contributed by atoms with Gasteiger partial charge in [-0.2, -0.15) is 0 Å². The van der Waals surface area contributed by atoms with Gasteiger partial charge in [-0.1, -0.05) is 29.8 Å². The fourth-order valence-corrected chi connectivity index (χ4v) is 2.77. The Hall–Kier alpha value is -1.98. The predicted molar refractivity (Wildman–Crippen MR) is 85.2 cm³/mol. The number of hydrogen-bond donors (Lipinski definition) is 1. The van der Waals surface area contributed by atoms with Crippen LogP contribution < -0.4 is 5.73 Å². The Morgan fingerprint density at radius 2 is 1.90 bits per heavy atom. The van der Waals surface area contributed by atoms with Gasteiger partial charge >= 0.3 is 0 Å². The summed E-state index contributed by atoms with van der Waals surface area (Å²) >= 11 is 7.56. The minimum atomic E-state index is 0.529. The van der Waals surface area contributed by atoms with E-state index in [1.54, 1.807) is 17.8 Å². The molecule has 4 nitrogen and oxygen atoms in total. The first-order valence-electron chi connectivity index (χ1n) is 6.28. The summed E-state index contributed by atoms with van der Waals surface area (Å²) < 4.78 is 5.64. The lowest BCUT2D eigenvalue weighted by Crippen LogP contribution is -1.86. The van der Waals surface area contributed by atoms with Gasteiger partial charge in [0, 0.05) is 10.5 Å². The molecule has 3 rings (SSSR count). The number of thioether (sulfide) groups is 1. The summed E-state index contributed by atoms with van der Waals surface area (Å²) in [7, 11) is 0. The largest absolute Gasteiger partial charge is 0.420 e. The van der Waals surface area contributed by atoms with Gasteiger partial charge < -0.3 is 10.2 Å². The number of hydrogen-bond acceptors (Lipinski definition) is 5. The number of aromatic nitrogens is 2. The standard InChI is InChI=1S/C15H12ClN3OS/c16-12-8-11(6-7-13(12)17)21-9-14-18-19-15(20-14)10-4-2-1-3-5-10/h1-8H,9,17H2. The van der Waals surface area contributed by atoms with E-state index in [4.69, 9.17) is 21.8 Å². The lowest BCUT2D eigenvalue weighted by Gasteiger charge is -2.01. The first kappa shape index (κ1) is 14.0. The van der Waals surface area contributed by atoms with Crippen molar-refractivity contribution in [3.8, 4) is 11.5 Å². The van der Waals surface area contributed by atoms with Crippen LogP contribution in [0, 0.1) is 0 Å². The predicted octanol–water partition coefficient (Wildman–Crippen LogP) is 4.26. The number of nitrogens with zero attached hydrogens (tertiary/aromatic N) is 2. The molecule has 0 amide bonds. The molecule has 0 atom stereocenters. The first-order valence-corrected chi connectivity index (χ1v) is 7.64. The second-order valence-corrected chi connectivity index (χ2v) is 5.79. The Labute approximate surface area is 131 Å². The fourth-order valence-electron chi connectivity index (χ4n) is 1.75. The molecule has 0 saturated heterocycles. The zero-order valence-electron chi connectivity index (χ0n) is 11.0. The van der Waals surface area contributed by atoms with Crippen LogP contribution in [0.4, 0.5) is 5.69 Å². The molecule has 21 heavy (non-hydrogen) atoms. The van der Waals surface area contributed by atoms with Gasteiger partial charge in [-0.3, -0.25) is 0 Å². The molecule has 1 aromatic heterocycles. The summed E-state index contributed by atoms with van der Waals surface area (Å²) in [5, 5.41) is 8.66. The average molecular weight is 318 g/mol. The normalized spacial score (nSPS) is 10.7. The van der Waals surface area contributed by atoms with Gasteiger partial charge in [-0.25, -0.2) is 0 Å². The number of nitrogen functional groups attached to an aromatic ring is 1. The van der Waals surface area contributed by atoms with E-state index in [-0.39, 0.29) is 0 Å². The van der Waals surface area contributed by atoms with Crippen molar-refractivity contribution in [3.63, 3.8) is 0 Å². The van der Waals surface area contributed by atoms with Crippen LogP contribution >= 0.6 is 23.4 Å². The maximum Gasteiger partial charge on any atom is 0.247 e. The third-order valence-corrected chi connectivity index (χ3v) is 4.13. The second-order valence-electron chi connectivity index (χ2n) is 4.34. The van der Waals surface area contributed by atoms with Crippen LogP contribution in [0.1, 0.15) is 5.89 Å². The molecule has 6 heteroatoms. The van der Waals surface area contributed by atoms with Crippen LogP contribution in [0.25, 0.3) is 11.5 Å². The molecule has 0 radical (unpaired) electrons. The molecular weight excluding hydrogens is 306 g/mol. The smallest absolute Gasteiger partial charge is 0.247 e. The molecule has 0 fully saturated rings. The van der Waals surface area contributed by atoms with Crippen molar-refractivity contribution in [1.29, 1.82) is 0 Å². The summed E-state index contributed by atoms with van der Waals surface area (Å²) in [6, 6.07) is 15.2. The molecule has 0 saturated carbocycles. The van der Waals surface area contributed by atoms with Gasteiger partial charge in [0.25, 0.3) is 0 Å². The van der Waals surface area contributed by atoms with Gasteiger partial charge in [0.2, 0.25) is 11.8 Å². The average Bonchev–Trinajstić information content (AvgIpc) is 2.98. The lowest BCUT2D eigenvalue weighted by molar-refractivity contribution is 0.528. The third-order valence-electron chi connectivity index (χ3n) is 2.82. The Morgan fingerprint density at radius 3 is 2.67 bits per heavy atom. The van der Waals surface area contributed by atoms with Gasteiger partial charge in [0.15, 0.2) is 0 Å². The van der Waals surface area contributed by atoms with E-state index in [0.717, 1.165) is 10.5 Å². The molecule has 0 bridgehead atoms. The molecule has 2 aromatic carbocycles. The van der Waals surface area contributed by atoms with Crippen LogP contribution in [0.5, 0.6) is 0 Å². The Kier molecular flexibility index (Phi) is 4.13. The van der Waals surface area contributed by atoms with E-state index in [9.17, 15) is 0 Å². The Bertz CT molecular complexity index is 746. The van der Waals surface area contributed by atoms with Gasteiger partial charge in [0.05, 0.1) is 16.5 Å². The van der Waals surface area contributed by atoms with Crippen LogP contribution in [-0.4, -0.2) is 10.2 Å². The minimum absolute atomic E-state index is 0.529. The SMILES string of the molecule is Nc1ccc(SCc2nnc(-c3ccccc3)o2)cc1Cl. The van der Waals surface area contributed by atoms with E-state index in [0.29, 0.717) is 28.2 Å². The highest BCUT2D eigenvalue weighted by Gasteiger charge is 2.09. The molecule has 0 spiro atoms. The van der Waals surface area contributed by atoms with E-state index in [1.165, 1.54) is 0 Å². The lowest BCUT2D eigenvalue weighted by atomic mass is 10.2. The highest BCUT2D eigenvalue weighted by Crippen LogP contribution is 2.29. The van der Waals surface area contributed by atoms with E-state index in [2.05, 4.69) is 10.2 Å². The molecule has 0 aliphatic carbocycles. The maximum absolute atomic E-state index is 5.99. The van der Waals surface area contributed by atoms with Gasteiger partial charge in [-0.15, -0.1) is 22.0 Å². The molecular formula is C15H12ClN3OS. The molecule has 0 aliphatic rings. The summed E-state index contributed by atoms with van der Waals surface area (Å²) in [5.74, 6) is 1.69. The van der Waals surface area contributed by atoms with Crippen molar-refractivity contribution < 1.29 is 4.42 Å². The van der Waals surface area contributed by atoms with E-state index < -0.39 is 0 Å². The zero-order chi connectivity index (χ0) is 14.7. The van der Waals surface area contributed by atoms with Gasteiger partial charge in [-0.05, 0) is 30.3 Å².